The number of hydrogen-bond acceptors (Lipinski definition) is 3. The number of ether oxygens (including phenoxy) is 1. The molecule has 1 fully saturated rings. The minimum atomic E-state index is 0.372. The van der Waals surface area contributed by atoms with Crippen LogP contribution in [0.2, 0.25) is 0 Å². The van der Waals surface area contributed by atoms with Gasteiger partial charge in [0.15, 0.2) is 0 Å². The molecule has 1 atom stereocenters. The van der Waals surface area contributed by atoms with Crippen molar-refractivity contribution >= 4 is 0 Å². The molecule has 0 spiro atoms. The van der Waals surface area contributed by atoms with E-state index in [4.69, 9.17) is 4.74 Å². The van der Waals surface area contributed by atoms with Crippen molar-refractivity contribution in [2.75, 3.05) is 26.3 Å². The maximum atomic E-state index is 5.44. The molecule has 1 aromatic heterocycles. The molecule has 1 unspecified atom stereocenters. The lowest BCUT2D eigenvalue weighted by atomic mass is 10.0. The van der Waals surface area contributed by atoms with Crippen LogP contribution in [0.1, 0.15) is 38.4 Å². The monoisotopic (exact) mass is 299 g/mol. The van der Waals surface area contributed by atoms with E-state index >= 15 is 0 Å². The van der Waals surface area contributed by atoms with Crippen LogP contribution in [0.5, 0.6) is 0 Å². The fourth-order valence-electron chi connectivity index (χ4n) is 3.06. The molecule has 0 aliphatic carbocycles. The number of hydrogen-bond donors (Lipinski definition) is 0. The van der Waals surface area contributed by atoms with Crippen molar-refractivity contribution in [3.8, 4) is 11.3 Å². The Morgan fingerprint density at radius 2 is 1.68 bits per heavy atom. The van der Waals surface area contributed by atoms with E-state index in [1.807, 2.05) is 6.20 Å². The molecule has 0 N–H and O–H groups in total. The number of nitrogens with zero attached hydrogens (tertiary/aromatic N) is 3. The van der Waals surface area contributed by atoms with Gasteiger partial charge in [0, 0.05) is 31.4 Å². The number of morpholine rings is 1. The zero-order chi connectivity index (χ0) is 15.5. The second kappa shape index (κ2) is 6.63. The molecule has 3 rings (SSSR count). The molecule has 1 saturated heterocycles. The summed E-state index contributed by atoms with van der Waals surface area (Å²) in [6.07, 6.45) is 1.87. The van der Waals surface area contributed by atoms with Gasteiger partial charge in [0.1, 0.15) is 0 Å². The molecule has 1 aliphatic heterocycles. The summed E-state index contributed by atoms with van der Waals surface area (Å²) in [6.45, 7) is 10.3. The molecule has 0 bridgehead atoms. The zero-order valence-electron chi connectivity index (χ0n) is 13.7. The third kappa shape index (κ3) is 3.08. The van der Waals surface area contributed by atoms with Crippen molar-refractivity contribution < 1.29 is 4.74 Å². The van der Waals surface area contributed by atoms with Crippen molar-refractivity contribution in [2.45, 2.75) is 32.9 Å². The Morgan fingerprint density at radius 1 is 1.00 bits per heavy atom. The minimum Gasteiger partial charge on any atom is -0.379 e. The van der Waals surface area contributed by atoms with Crippen LogP contribution in [0, 0.1) is 0 Å². The molecular weight excluding hydrogens is 274 g/mol. The van der Waals surface area contributed by atoms with Gasteiger partial charge < -0.3 is 4.74 Å². The quantitative estimate of drug-likeness (QED) is 0.865. The van der Waals surface area contributed by atoms with Crippen molar-refractivity contribution in [2.24, 2.45) is 0 Å². The predicted octanol–water partition coefficient (Wildman–Crippen LogP) is 3.52. The topological polar surface area (TPSA) is 30.3 Å². The van der Waals surface area contributed by atoms with E-state index in [-0.39, 0.29) is 0 Å². The van der Waals surface area contributed by atoms with E-state index < -0.39 is 0 Å². The van der Waals surface area contributed by atoms with Gasteiger partial charge in [0.25, 0.3) is 0 Å². The lowest BCUT2D eigenvalue weighted by molar-refractivity contribution is 0.0198. The van der Waals surface area contributed by atoms with Gasteiger partial charge in [-0.3, -0.25) is 9.58 Å². The fourth-order valence-corrected chi connectivity index (χ4v) is 3.06. The Morgan fingerprint density at radius 3 is 2.32 bits per heavy atom. The first kappa shape index (κ1) is 15.3. The molecule has 4 nitrogen and oxygen atoms in total. The maximum absolute atomic E-state index is 5.44. The summed E-state index contributed by atoms with van der Waals surface area (Å²) in [7, 11) is 0. The first-order chi connectivity index (χ1) is 10.7. The van der Waals surface area contributed by atoms with Crippen molar-refractivity contribution in [3.05, 3.63) is 42.1 Å². The van der Waals surface area contributed by atoms with E-state index in [1.54, 1.807) is 0 Å². The Balaban J connectivity index is 1.78. The Hall–Kier alpha value is -1.65. The van der Waals surface area contributed by atoms with Gasteiger partial charge in [-0.15, -0.1) is 0 Å². The smallest absolute Gasteiger partial charge is 0.0685 e. The van der Waals surface area contributed by atoms with Crippen molar-refractivity contribution in [1.29, 1.82) is 0 Å². The third-order valence-corrected chi connectivity index (χ3v) is 4.44. The minimum absolute atomic E-state index is 0.372. The zero-order valence-corrected chi connectivity index (χ0v) is 13.7. The van der Waals surface area contributed by atoms with E-state index in [9.17, 15) is 0 Å². The van der Waals surface area contributed by atoms with Crippen LogP contribution in [0.4, 0.5) is 0 Å². The number of rotatable bonds is 4. The number of benzene rings is 1. The summed E-state index contributed by atoms with van der Waals surface area (Å²) < 4.78 is 7.51. The molecule has 1 aromatic carbocycles. The molecular formula is C18H25N3O. The molecule has 2 heterocycles. The molecule has 118 valence electrons. The first-order valence-electron chi connectivity index (χ1n) is 8.12. The summed E-state index contributed by atoms with van der Waals surface area (Å²) >= 11 is 0. The lowest BCUT2D eigenvalue weighted by Gasteiger charge is -2.32. The van der Waals surface area contributed by atoms with Gasteiger partial charge in [-0.05, 0) is 38.0 Å². The highest BCUT2D eigenvalue weighted by molar-refractivity contribution is 5.59. The molecule has 22 heavy (non-hydrogen) atoms. The third-order valence-electron chi connectivity index (χ3n) is 4.44. The number of aromatic nitrogens is 2. The fraction of sp³-hybridized carbons (Fsp3) is 0.500. The van der Waals surface area contributed by atoms with E-state index in [0.717, 1.165) is 26.3 Å². The highest BCUT2D eigenvalue weighted by Crippen LogP contribution is 2.26. The normalized spacial score (nSPS) is 17.8. The van der Waals surface area contributed by atoms with E-state index in [2.05, 4.69) is 65.8 Å². The Bertz CT molecular complexity index is 597. The SMILES string of the molecule is CC(c1ccc(-c2ccnn2C(C)C)cc1)N1CCOCC1. The van der Waals surface area contributed by atoms with Crippen LogP contribution in [0.25, 0.3) is 11.3 Å². The van der Waals surface area contributed by atoms with Crippen LogP contribution in [-0.2, 0) is 4.74 Å². The van der Waals surface area contributed by atoms with Crippen LogP contribution in [0.15, 0.2) is 36.5 Å². The van der Waals surface area contributed by atoms with Gasteiger partial charge in [-0.1, -0.05) is 24.3 Å². The predicted molar refractivity (Wildman–Crippen MR) is 88.9 cm³/mol. The maximum Gasteiger partial charge on any atom is 0.0685 e. The van der Waals surface area contributed by atoms with Gasteiger partial charge in [0.2, 0.25) is 0 Å². The first-order valence-corrected chi connectivity index (χ1v) is 8.12. The van der Waals surface area contributed by atoms with Crippen LogP contribution < -0.4 is 0 Å². The largest absolute Gasteiger partial charge is 0.379 e. The summed E-state index contributed by atoms with van der Waals surface area (Å²) in [5, 5.41) is 4.42. The summed E-state index contributed by atoms with van der Waals surface area (Å²) in [6, 6.07) is 11.8. The van der Waals surface area contributed by atoms with E-state index in [0.29, 0.717) is 12.1 Å². The highest BCUT2D eigenvalue weighted by Gasteiger charge is 2.18. The second-order valence-corrected chi connectivity index (χ2v) is 6.20. The lowest BCUT2D eigenvalue weighted by Crippen LogP contribution is -2.37. The second-order valence-electron chi connectivity index (χ2n) is 6.20. The summed E-state index contributed by atoms with van der Waals surface area (Å²) in [5.41, 5.74) is 3.77. The van der Waals surface area contributed by atoms with E-state index in [1.165, 1.54) is 16.8 Å². The van der Waals surface area contributed by atoms with Gasteiger partial charge in [0.05, 0.1) is 18.9 Å². The molecule has 1 aliphatic rings. The van der Waals surface area contributed by atoms with Crippen LogP contribution >= 0.6 is 0 Å². The molecule has 4 heteroatoms. The van der Waals surface area contributed by atoms with Crippen LogP contribution in [0.3, 0.4) is 0 Å². The Labute approximate surface area is 132 Å². The molecule has 0 amide bonds. The summed E-state index contributed by atoms with van der Waals surface area (Å²) in [4.78, 5) is 2.48. The van der Waals surface area contributed by atoms with Gasteiger partial charge in [-0.2, -0.15) is 5.10 Å². The summed E-state index contributed by atoms with van der Waals surface area (Å²) in [5.74, 6) is 0. The average Bonchev–Trinajstić information content (AvgIpc) is 3.05. The van der Waals surface area contributed by atoms with Gasteiger partial charge in [-0.25, -0.2) is 0 Å². The van der Waals surface area contributed by atoms with Crippen molar-refractivity contribution in [1.82, 2.24) is 14.7 Å². The molecule has 2 aromatic rings. The molecule has 0 saturated carbocycles. The Kier molecular flexibility index (Phi) is 4.60. The average molecular weight is 299 g/mol. The highest BCUT2D eigenvalue weighted by atomic mass is 16.5. The van der Waals surface area contributed by atoms with Crippen molar-refractivity contribution in [3.63, 3.8) is 0 Å². The molecule has 0 radical (unpaired) electrons. The van der Waals surface area contributed by atoms with Crippen LogP contribution in [-0.4, -0.2) is 41.0 Å². The van der Waals surface area contributed by atoms with Gasteiger partial charge >= 0.3 is 0 Å². The standard InChI is InChI=1S/C18H25N3O/c1-14(2)21-18(8-9-19-21)17-6-4-16(5-7-17)15(3)20-10-12-22-13-11-20/h4-9,14-15H,10-13H2,1-3H3.